The molecule has 2 heterocycles. The smallest absolute Gasteiger partial charge is 0.222 e. The van der Waals surface area contributed by atoms with Crippen molar-refractivity contribution in [3.8, 4) is 0 Å². The number of amides is 1. The summed E-state index contributed by atoms with van der Waals surface area (Å²) >= 11 is 0. The zero-order valence-corrected chi connectivity index (χ0v) is 11.7. The maximum Gasteiger partial charge on any atom is 0.222 e. The van der Waals surface area contributed by atoms with Crippen molar-refractivity contribution in [1.82, 2.24) is 5.32 Å². The first kappa shape index (κ1) is 12.6. The second-order valence-electron chi connectivity index (χ2n) is 5.78. The molecule has 0 radical (unpaired) electrons. The molecule has 106 valence electrons. The molecule has 2 saturated heterocycles. The molecule has 2 fully saturated rings. The Morgan fingerprint density at radius 3 is 2.10 bits per heavy atom. The normalized spacial score (nSPS) is 26.4. The molecule has 1 amide bonds. The molecule has 2 unspecified atom stereocenters. The number of rotatable bonds is 2. The molecule has 0 saturated carbocycles. The van der Waals surface area contributed by atoms with Gasteiger partial charge in [0.25, 0.3) is 0 Å². The molecular formula is C18H17NO2. The Labute approximate surface area is 123 Å². The predicted octanol–water partition coefficient (Wildman–Crippen LogP) is 2.81. The van der Waals surface area contributed by atoms with Gasteiger partial charge >= 0.3 is 0 Å². The average molecular weight is 279 g/mol. The molecule has 2 aromatic carbocycles. The van der Waals surface area contributed by atoms with Crippen molar-refractivity contribution in [2.24, 2.45) is 5.92 Å². The van der Waals surface area contributed by atoms with Crippen molar-refractivity contribution in [2.75, 3.05) is 0 Å². The minimum absolute atomic E-state index is 0.0880. The van der Waals surface area contributed by atoms with E-state index in [0.29, 0.717) is 6.42 Å². The molecule has 2 aliphatic heterocycles. The first-order valence-corrected chi connectivity index (χ1v) is 7.37. The van der Waals surface area contributed by atoms with Crippen LogP contribution in [-0.4, -0.2) is 12.1 Å². The van der Waals surface area contributed by atoms with Gasteiger partial charge in [0, 0.05) is 12.3 Å². The molecule has 2 bridgehead atoms. The van der Waals surface area contributed by atoms with Crippen molar-refractivity contribution in [2.45, 2.75) is 24.7 Å². The van der Waals surface area contributed by atoms with Crippen molar-refractivity contribution >= 4 is 5.91 Å². The number of carbonyl (C=O) groups excluding carboxylic acids is 1. The average Bonchev–Trinajstić information content (AvgIpc) is 2.81. The third kappa shape index (κ3) is 1.88. The number of benzene rings is 2. The van der Waals surface area contributed by atoms with Crippen LogP contribution in [-0.2, 0) is 15.1 Å². The fourth-order valence-electron chi connectivity index (χ4n) is 3.72. The van der Waals surface area contributed by atoms with Crippen LogP contribution < -0.4 is 5.32 Å². The second-order valence-corrected chi connectivity index (χ2v) is 5.78. The first-order valence-electron chi connectivity index (χ1n) is 7.37. The molecule has 2 aliphatic rings. The lowest BCUT2D eigenvalue weighted by atomic mass is 9.74. The van der Waals surface area contributed by atoms with Gasteiger partial charge in [-0.3, -0.25) is 4.79 Å². The monoisotopic (exact) mass is 279 g/mol. The summed E-state index contributed by atoms with van der Waals surface area (Å²) in [4.78, 5) is 11.9. The van der Waals surface area contributed by atoms with E-state index in [1.54, 1.807) is 0 Å². The van der Waals surface area contributed by atoms with E-state index in [1.807, 2.05) is 36.4 Å². The van der Waals surface area contributed by atoms with E-state index >= 15 is 0 Å². The minimum atomic E-state index is -0.521. The Kier molecular flexibility index (Phi) is 2.82. The van der Waals surface area contributed by atoms with Crippen LogP contribution in [0.5, 0.6) is 0 Å². The van der Waals surface area contributed by atoms with Crippen molar-refractivity contribution in [3.05, 3.63) is 71.8 Å². The van der Waals surface area contributed by atoms with E-state index in [1.165, 1.54) is 0 Å². The lowest BCUT2D eigenvalue weighted by Crippen LogP contribution is -2.38. The topological polar surface area (TPSA) is 38.3 Å². The summed E-state index contributed by atoms with van der Waals surface area (Å²) in [6.45, 7) is 0. The molecule has 2 aromatic rings. The second kappa shape index (κ2) is 4.71. The van der Waals surface area contributed by atoms with Crippen molar-refractivity contribution < 1.29 is 9.53 Å². The highest BCUT2D eigenvalue weighted by atomic mass is 16.5. The Bertz CT molecular complexity index is 614. The van der Waals surface area contributed by atoms with Crippen LogP contribution in [0.15, 0.2) is 60.7 Å². The Morgan fingerprint density at radius 2 is 1.52 bits per heavy atom. The summed E-state index contributed by atoms with van der Waals surface area (Å²) in [6.07, 6.45) is 1.20. The molecule has 0 spiro atoms. The molecular weight excluding hydrogens is 262 g/mol. The lowest BCUT2D eigenvalue weighted by Gasteiger charge is -2.34. The standard InChI is InChI=1S/C18H17NO2/c20-16-11-15-12-17(19-16)21-18(15,13-7-3-1-4-8-13)14-9-5-2-6-10-14/h1-10,15,17H,11-12H2,(H,19,20). The third-order valence-electron chi connectivity index (χ3n) is 4.56. The predicted molar refractivity (Wildman–Crippen MR) is 79.4 cm³/mol. The van der Waals surface area contributed by atoms with Crippen LogP contribution in [0.1, 0.15) is 24.0 Å². The maximum atomic E-state index is 11.9. The van der Waals surface area contributed by atoms with Gasteiger partial charge in [-0.2, -0.15) is 0 Å². The van der Waals surface area contributed by atoms with Crippen LogP contribution in [0.25, 0.3) is 0 Å². The van der Waals surface area contributed by atoms with E-state index in [0.717, 1.165) is 17.5 Å². The van der Waals surface area contributed by atoms with Gasteiger partial charge in [0.15, 0.2) is 0 Å². The Balaban J connectivity index is 1.90. The zero-order valence-electron chi connectivity index (χ0n) is 11.7. The molecule has 0 aliphatic carbocycles. The highest BCUT2D eigenvalue weighted by Gasteiger charge is 2.54. The quantitative estimate of drug-likeness (QED) is 0.918. The third-order valence-corrected chi connectivity index (χ3v) is 4.56. The van der Waals surface area contributed by atoms with Crippen LogP contribution in [0.3, 0.4) is 0 Å². The van der Waals surface area contributed by atoms with Gasteiger partial charge in [-0.15, -0.1) is 0 Å². The number of piperidine rings is 1. The van der Waals surface area contributed by atoms with Gasteiger partial charge in [-0.1, -0.05) is 60.7 Å². The van der Waals surface area contributed by atoms with E-state index in [-0.39, 0.29) is 18.1 Å². The van der Waals surface area contributed by atoms with Gasteiger partial charge in [0.05, 0.1) is 0 Å². The largest absolute Gasteiger partial charge is 0.342 e. The molecule has 3 heteroatoms. The van der Waals surface area contributed by atoms with Crippen molar-refractivity contribution in [3.63, 3.8) is 0 Å². The van der Waals surface area contributed by atoms with E-state index in [2.05, 4.69) is 29.6 Å². The lowest BCUT2D eigenvalue weighted by molar-refractivity contribution is -0.125. The SMILES string of the molecule is O=C1CC2CC(N1)OC2(c1ccccc1)c1ccccc1. The number of hydrogen-bond donors (Lipinski definition) is 1. The van der Waals surface area contributed by atoms with Gasteiger partial charge in [-0.05, 0) is 17.5 Å². The first-order chi connectivity index (χ1) is 10.3. The Morgan fingerprint density at radius 1 is 0.952 bits per heavy atom. The number of carbonyl (C=O) groups is 1. The fourth-order valence-corrected chi connectivity index (χ4v) is 3.72. The fraction of sp³-hybridized carbons (Fsp3) is 0.278. The summed E-state index contributed by atoms with van der Waals surface area (Å²) in [5.74, 6) is 0.269. The van der Waals surface area contributed by atoms with E-state index < -0.39 is 5.60 Å². The van der Waals surface area contributed by atoms with Crippen LogP contribution >= 0.6 is 0 Å². The molecule has 3 nitrogen and oxygen atoms in total. The molecule has 21 heavy (non-hydrogen) atoms. The molecule has 2 atom stereocenters. The van der Waals surface area contributed by atoms with E-state index in [9.17, 15) is 4.79 Å². The zero-order chi connectivity index (χ0) is 14.3. The number of fused-ring (bicyclic) bond motifs is 2. The van der Waals surface area contributed by atoms with Gasteiger partial charge in [-0.25, -0.2) is 0 Å². The number of hydrogen-bond acceptors (Lipinski definition) is 2. The van der Waals surface area contributed by atoms with Crippen molar-refractivity contribution in [1.29, 1.82) is 0 Å². The van der Waals surface area contributed by atoms with Crippen LogP contribution in [0.4, 0.5) is 0 Å². The molecule has 4 rings (SSSR count). The maximum absolute atomic E-state index is 11.9. The van der Waals surface area contributed by atoms with Crippen LogP contribution in [0, 0.1) is 5.92 Å². The summed E-state index contributed by atoms with van der Waals surface area (Å²) in [6, 6.07) is 20.5. The van der Waals surface area contributed by atoms with E-state index in [4.69, 9.17) is 4.74 Å². The molecule has 0 aromatic heterocycles. The summed E-state index contributed by atoms with van der Waals surface area (Å²) < 4.78 is 6.38. The minimum Gasteiger partial charge on any atom is -0.342 e. The highest BCUT2D eigenvalue weighted by Crippen LogP contribution is 2.51. The summed E-state index contributed by atoms with van der Waals surface area (Å²) in [5, 5.41) is 2.94. The van der Waals surface area contributed by atoms with Gasteiger partial charge in [0.1, 0.15) is 11.8 Å². The Hall–Kier alpha value is -2.13. The summed E-state index contributed by atoms with van der Waals surface area (Å²) in [5.41, 5.74) is 1.73. The van der Waals surface area contributed by atoms with Crippen LogP contribution in [0.2, 0.25) is 0 Å². The number of ether oxygens (including phenoxy) is 1. The number of nitrogens with one attached hydrogen (secondary N) is 1. The highest BCUT2D eigenvalue weighted by molar-refractivity contribution is 5.78. The summed E-state index contributed by atoms with van der Waals surface area (Å²) in [7, 11) is 0. The molecule has 1 N–H and O–H groups in total. The van der Waals surface area contributed by atoms with Gasteiger partial charge < -0.3 is 10.1 Å². The van der Waals surface area contributed by atoms with Gasteiger partial charge in [0.2, 0.25) is 5.91 Å².